The van der Waals surface area contributed by atoms with Crippen molar-refractivity contribution in [3.8, 4) is 0 Å². The Morgan fingerprint density at radius 3 is 0.824 bits per heavy atom. The van der Waals surface area contributed by atoms with E-state index in [1.165, 1.54) is 0 Å². The van der Waals surface area contributed by atoms with Crippen LogP contribution in [0.5, 0.6) is 0 Å². The van der Waals surface area contributed by atoms with Gasteiger partial charge >= 0.3 is 0 Å². The molecule has 176 valence electrons. The SMILES string of the molecule is CN(C)C(=O)c1ccc([S+](c2ccc(C(=O)N(C)C)cc2)c2ccc(C(=O)N(C)C)cc2)cc1. The van der Waals surface area contributed by atoms with Crippen molar-refractivity contribution < 1.29 is 14.4 Å². The first kappa shape index (κ1) is 25.1. The average molecular weight is 477 g/mol. The van der Waals surface area contributed by atoms with Crippen molar-refractivity contribution >= 4 is 28.6 Å². The molecule has 3 amide bonds. The van der Waals surface area contributed by atoms with Crippen LogP contribution in [0.1, 0.15) is 31.1 Å². The third kappa shape index (κ3) is 5.48. The van der Waals surface area contributed by atoms with Crippen molar-refractivity contribution in [2.75, 3.05) is 42.3 Å². The van der Waals surface area contributed by atoms with Gasteiger partial charge in [-0.15, -0.1) is 0 Å². The fourth-order valence-corrected chi connectivity index (χ4v) is 5.42. The van der Waals surface area contributed by atoms with E-state index < -0.39 is 10.9 Å². The average Bonchev–Trinajstić information content (AvgIpc) is 2.84. The van der Waals surface area contributed by atoms with Gasteiger partial charge in [0.15, 0.2) is 14.7 Å². The van der Waals surface area contributed by atoms with Crippen LogP contribution >= 0.6 is 0 Å². The Hall–Kier alpha value is -3.58. The zero-order valence-corrected chi connectivity index (χ0v) is 21.2. The maximum atomic E-state index is 12.3. The van der Waals surface area contributed by atoms with Gasteiger partial charge in [-0.25, -0.2) is 0 Å². The summed E-state index contributed by atoms with van der Waals surface area (Å²) >= 11 is 0. The molecule has 0 N–H and O–H groups in total. The first-order valence-electron chi connectivity index (χ1n) is 10.8. The van der Waals surface area contributed by atoms with Gasteiger partial charge in [-0.1, -0.05) is 0 Å². The molecule has 6 nitrogen and oxygen atoms in total. The molecule has 0 fully saturated rings. The van der Waals surface area contributed by atoms with Gasteiger partial charge in [-0.05, 0) is 72.8 Å². The molecule has 0 aromatic heterocycles. The summed E-state index contributed by atoms with van der Waals surface area (Å²) in [4.78, 5) is 44.8. The van der Waals surface area contributed by atoms with Crippen LogP contribution in [0, 0.1) is 0 Å². The Labute approximate surface area is 204 Å². The second-order valence-corrected chi connectivity index (χ2v) is 10.5. The summed E-state index contributed by atoms with van der Waals surface area (Å²) in [7, 11) is 9.89. The molecule has 0 saturated carbocycles. The van der Waals surface area contributed by atoms with E-state index >= 15 is 0 Å². The minimum atomic E-state index is -0.486. The Balaban J connectivity index is 2.04. The van der Waals surface area contributed by atoms with Gasteiger partial charge in [0.25, 0.3) is 17.7 Å². The van der Waals surface area contributed by atoms with Crippen molar-refractivity contribution in [1.29, 1.82) is 0 Å². The molecule has 0 atom stereocenters. The predicted molar refractivity (Wildman–Crippen MR) is 136 cm³/mol. The Kier molecular flexibility index (Phi) is 7.79. The smallest absolute Gasteiger partial charge is 0.253 e. The van der Waals surface area contributed by atoms with E-state index in [-0.39, 0.29) is 17.7 Å². The van der Waals surface area contributed by atoms with E-state index in [4.69, 9.17) is 0 Å². The van der Waals surface area contributed by atoms with Gasteiger partial charge in [0.05, 0.1) is 10.9 Å². The van der Waals surface area contributed by atoms with Crippen molar-refractivity contribution in [1.82, 2.24) is 14.7 Å². The molecule has 0 aliphatic rings. The van der Waals surface area contributed by atoms with Crippen LogP contribution in [0.4, 0.5) is 0 Å². The monoisotopic (exact) mass is 476 g/mol. The number of benzene rings is 3. The van der Waals surface area contributed by atoms with Crippen molar-refractivity contribution in [2.45, 2.75) is 14.7 Å². The van der Waals surface area contributed by atoms with Gasteiger partial charge in [0.1, 0.15) is 0 Å². The zero-order valence-electron chi connectivity index (χ0n) is 20.4. The maximum absolute atomic E-state index is 12.3. The molecule has 3 aromatic carbocycles. The third-order valence-electron chi connectivity index (χ3n) is 5.23. The molecule has 0 aliphatic carbocycles. The summed E-state index contributed by atoms with van der Waals surface area (Å²) < 4.78 is 0. The van der Waals surface area contributed by atoms with Gasteiger partial charge in [-0.2, -0.15) is 0 Å². The highest BCUT2D eigenvalue weighted by Gasteiger charge is 2.29. The van der Waals surface area contributed by atoms with Crippen LogP contribution in [-0.2, 0) is 10.9 Å². The summed E-state index contributed by atoms with van der Waals surface area (Å²) in [6.45, 7) is 0. The molecule has 0 radical (unpaired) electrons. The molecular formula is C27H30N3O3S+. The molecule has 0 bridgehead atoms. The fraction of sp³-hybridized carbons (Fsp3) is 0.222. The van der Waals surface area contributed by atoms with Crippen LogP contribution in [0.3, 0.4) is 0 Å². The lowest BCUT2D eigenvalue weighted by molar-refractivity contribution is 0.0820. The van der Waals surface area contributed by atoms with Crippen LogP contribution in [0.15, 0.2) is 87.5 Å². The minimum Gasteiger partial charge on any atom is -0.345 e. The number of nitrogens with zero attached hydrogens (tertiary/aromatic N) is 3. The molecule has 0 heterocycles. The summed E-state index contributed by atoms with van der Waals surface area (Å²) in [5, 5.41) is 0. The molecule has 3 aromatic rings. The van der Waals surface area contributed by atoms with E-state index in [2.05, 4.69) is 0 Å². The van der Waals surface area contributed by atoms with E-state index in [9.17, 15) is 14.4 Å². The standard InChI is InChI=1S/C27H30N3O3S/c1-28(2)25(31)19-7-13-22(14-8-19)34(23-15-9-20(10-16-23)26(32)29(3)4)24-17-11-21(12-18-24)27(33)30(5)6/h7-18H,1-6H3/q+1. The largest absolute Gasteiger partial charge is 0.345 e. The summed E-state index contributed by atoms with van der Waals surface area (Å²) in [5.74, 6) is -0.154. The number of carbonyl (C=O) groups excluding carboxylic acids is 3. The molecule has 0 unspecified atom stereocenters. The van der Waals surface area contributed by atoms with E-state index in [1.807, 2.05) is 72.8 Å². The number of rotatable bonds is 6. The quantitative estimate of drug-likeness (QED) is 0.507. The van der Waals surface area contributed by atoms with Crippen LogP contribution < -0.4 is 0 Å². The highest BCUT2D eigenvalue weighted by molar-refractivity contribution is 7.97. The Morgan fingerprint density at radius 1 is 0.441 bits per heavy atom. The molecule has 0 aliphatic heterocycles. The molecule has 0 saturated heterocycles. The molecular weight excluding hydrogens is 446 g/mol. The summed E-state index contributed by atoms with van der Waals surface area (Å²) in [6, 6.07) is 22.9. The first-order chi connectivity index (χ1) is 16.1. The lowest BCUT2D eigenvalue weighted by Gasteiger charge is -2.13. The predicted octanol–water partition coefficient (Wildman–Crippen LogP) is 3.89. The van der Waals surface area contributed by atoms with Crippen LogP contribution in [0.25, 0.3) is 0 Å². The number of hydrogen-bond donors (Lipinski definition) is 0. The normalized spacial score (nSPS) is 10.7. The number of hydrogen-bond acceptors (Lipinski definition) is 3. The van der Waals surface area contributed by atoms with Crippen LogP contribution in [-0.4, -0.2) is 74.7 Å². The lowest BCUT2D eigenvalue weighted by atomic mass is 10.2. The molecule has 34 heavy (non-hydrogen) atoms. The third-order valence-corrected chi connectivity index (χ3v) is 7.46. The highest BCUT2D eigenvalue weighted by atomic mass is 32.2. The lowest BCUT2D eigenvalue weighted by Crippen LogP contribution is -2.22. The van der Waals surface area contributed by atoms with Crippen LogP contribution in [0.2, 0.25) is 0 Å². The van der Waals surface area contributed by atoms with E-state index in [0.717, 1.165) is 14.7 Å². The Bertz CT molecular complexity index is 1020. The minimum absolute atomic E-state index is 0.0514. The van der Waals surface area contributed by atoms with Crippen molar-refractivity contribution in [2.24, 2.45) is 0 Å². The van der Waals surface area contributed by atoms with Gasteiger partial charge in [0, 0.05) is 59.0 Å². The fourth-order valence-electron chi connectivity index (χ4n) is 3.38. The maximum Gasteiger partial charge on any atom is 0.253 e. The zero-order chi connectivity index (χ0) is 25.0. The summed E-state index contributed by atoms with van der Waals surface area (Å²) in [6.07, 6.45) is 0. The molecule has 3 rings (SSSR count). The highest BCUT2D eigenvalue weighted by Crippen LogP contribution is 2.32. The van der Waals surface area contributed by atoms with Crippen molar-refractivity contribution in [3.63, 3.8) is 0 Å². The van der Waals surface area contributed by atoms with Crippen molar-refractivity contribution in [3.05, 3.63) is 89.5 Å². The summed E-state index contributed by atoms with van der Waals surface area (Å²) in [5.41, 5.74) is 1.86. The van der Waals surface area contributed by atoms with Gasteiger partial charge in [-0.3, -0.25) is 14.4 Å². The molecule has 0 spiro atoms. The van der Waals surface area contributed by atoms with Gasteiger partial charge < -0.3 is 14.7 Å². The Morgan fingerprint density at radius 2 is 0.647 bits per heavy atom. The first-order valence-corrected chi connectivity index (χ1v) is 12.0. The number of carbonyl (C=O) groups is 3. The number of amides is 3. The van der Waals surface area contributed by atoms with Gasteiger partial charge in [0.2, 0.25) is 0 Å². The molecule has 7 heteroatoms. The topological polar surface area (TPSA) is 60.9 Å². The second-order valence-electron chi connectivity index (χ2n) is 8.48. The van der Waals surface area contributed by atoms with E-state index in [1.54, 1.807) is 57.0 Å². The second kappa shape index (κ2) is 10.6. The van der Waals surface area contributed by atoms with E-state index in [0.29, 0.717) is 16.7 Å².